The summed E-state index contributed by atoms with van der Waals surface area (Å²) in [5, 5.41) is 9.83. The van der Waals surface area contributed by atoms with Crippen molar-refractivity contribution in [1.82, 2.24) is 0 Å². The van der Waals surface area contributed by atoms with Crippen LogP contribution in [-0.4, -0.2) is 17.2 Å². The van der Waals surface area contributed by atoms with Crippen LogP contribution in [0.2, 0.25) is 0 Å². The number of hydrogen-bond acceptors (Lipinski definition) is 2. The molecule has 1 unspecified atom stereocenters. The average molecular weight is 288 g/mol. The van der Waals surface area contributed by atoms with E-state index in [0.717, 1.165) is 37.9 Å². The van der Waals surface area contributed by atoms with Crippen LogP contribution in [0, 0.1) is 5.41 Å². The Labute approximate surface area is 126 Å². The van der Waals surface area contributed by atoms with E-state index in [-0.39, 0.29) is 6.10 Å². The Kier molecular flexibility index (Phi) is 4.18. The van der Waals surface area contributed by atoms with Crippen LogP contribution in [0.25, 0.3) is 0 Å². The number of ether oxygens (including phenoxy) is 1. The van der Waals surface area contributed by atoms with E-state index in [1.54, 1.807) is 0 Å². The summed E-state index contributed by atoms with van der Waals surface area (Å²) >= 11 is 0. The molecule has 3 rings (SSSR count). The highest BCUT2D eigenvalue weighted by Crippen LogP contribution is 2.42. The third-order valence-electron chi connectivity index (χ3n) is 5.10. The molecular weight excluding hydrogens is 264 g/mol. The number of carboxylic acids is 1. The van der Waals surface area contributed by atoms with E-state index in [4.69, 9.17) is 4.74 Å². The summed E-state index contributed by atoms with van der Waals surface area (Å²) in [6.07, 6.45) is 8.79. The first-order valence-electron chi connectivity index (χ1n) is 8.18. The van der Waals surface area contributed by atoms with Crippen molar-refractivity contribution in [3.8, 4) is 5.75 Å². The highest BCUT2D eigenvalue weighted by atomic mass is 16.5. The van der Waals surface area contributed by atoms with Gasteiger partial charge in [0.25, 0.3) is 0 Å². The maximum Gasteiger partial charge on any atom is 0.309 e. The van der Waals surface area contributed by atoms with Gasteiger partial charge in [-0.3, -0.25) is 4.79 Å². The Morgan fingerprint density at radius 3 is 2.48 bits per heavy atom. The van der Waals surface area contributed by atoms with Crippen LogP contribution >= 0.6 is 0 Å². The fraction of sp³-hybridized carbons (Fsp3) is 0.611. The number of benzene rings is 1. The van der Waals surface area contributed by atoms with Gasteiger partial charge in [0.1, 0.15) is 11.9 Å². The molecule has 1 aliphatic carbocycles. The molecule has 0 spiro atoms. The van der Waals surface area contributed by atoms with Gasteiger partial charge in [-0.05, 0) is 24.5 Å². The van der Waals surface area contributed by atoms with Gasteiger partial charge in [-0.1, -0.05) is 50.3 Å². The Morgan fingerprint density at radius 2 is 1.81 bits per heavy atom. The smallest absolute Gasteiger partial charge is 0.309 e. The molecular formula is C18H24O3. The molecule has 1 aromatic carbocycles. The van der Waals surface area contributed by atoms with Gasteiger partial charge in [0.2, 0.25) is 0 Å². The van der Waals surface area contributed by atoms with Gasteiger partial charge in [0.15, 0.2) is 0 Å². The molecule has 2 aliphatic rings. The lowest BCUT2D eigenvalue weighted by molar-refractivity contribution is -0.152. The second-order valence-electron chi connectivity index (χ2n) is 6.61. The maximum atomic E-state index is 11.9. The summed E-state index contributed by atoms with van der Waals surface area (Å²) in [5.41, 5.74) is 0.640. The van der Waals surface area contributed by atoms with Crippen LogP contribution in [0.5, 0.6) is 5.75 Å². The first-order chi connectivity index (χ1) is 10.2. The number of para-hydroxylation sites is 1. The zero-order valence-electron chi connectivity index (χ0n) is 12.5. The van der Waals surface area contributed by atoms with Crippen molar-refractivity contribution >= 4 is 5.97 Å². The molecule has 1 atom stereocenters. The molecule has 0 saturated heterocycles. The zero-order valence-corrected chi connectivity index (χ0v) is 12.5. The van der Waals surface area contributed by atoms with Crippen LogP contribution in [0.3, 0.4) is 0 Å². The van der Waals surface area contributed by atoms with Crippen LogP contribution in [-0.2, 0) is 11.2 Å². The van der Waals surface area contributed by atoms with Crippen molar-refractivity contribution in [3.63, 3.8) is 0 Å². The second kappa shape index (κ2) is 6.08. The molecule has 114 valence electrons. The minimum absolute atomic E-state index is 0.0259. The highest BCUT2D eigenvalue weighted by Gasteiger charge is 2.42. The van der Waals surface area contributed by atoms with Gasteiger partial charge < -0.3 is 9.84 Å². The highest BCUT2D eigenvalue weighted by molar-refractivity contribution is 5.74. The first-order valence-corrected chi connectivity index (χ1v) is 8.18. The van der Waals surface area contributed by atoms with Crippen LogP contribution in [0.4, 0.5) is 0 Å². The van der Waals surface area contributed by atoms with Crippen molar-refractivity contribution in [2.45, 2.75) is 63.9 Å². The predicted octanol–water partition coefficient (Wildman–Crippen LogP) is 4.20. The van der Waals surface area contributed by atoms with Gasteiger partial charge >= 0.3 is 5.97 Å². The largest absolute Gasteiger partial charge is 0.490 e. The van der Waals surface area contributed by atoms with Crippen molar-refractivity contribution < 1.29 is 14.6 Å². The summed E-state index contributed by atoms with van der Waals surface area (Å²) in [7, 11) is 0. The third kappa shape index (κ3) is 3.07. The third-order valence-corrected chi connectivity index (χ3v) is 5.10. The summed E-state index contributed by atoms with van der Waals surface area (Å²) in [6, 6.07) is 8.07. The second-order valence-corrected chi connectivity index (χ2v) is 6.61. The Hall–Kier alpha value is -1.51. The van der Waals surface area contributed by atoms with Gasteiger partial charge in [0, 0.05) is 12.8 Å². The number of carbonyl (C=O) groups is 1. The lowest BCUT2D eigenvalue weighted by Crippen LogP contribution is -2.37. The standard InChI is InChI=1S/C18H24O3/c19-17(20)18(10-6-2-1-3-7-11-18)13-15-12-14-8-4-5-9-16(14)21-15/h4-5,8-9,15H,1-3,6-7,10-13H2,(H,19,20). The molecule has 0 bridgehead atoms. The molecule has 1 heterocycles. The topological polar surface area (TPSA) is 46.5 Å². The quantitative estimate of drug-likeness (QED) is 0.907. The molecule has 21 heavy (non-hydrogen) atoms. The van der Waals surface area contributed by atoms with Crippen LogP contribution < -0.4 is 4.74 Å². The zero-order chi connectivity index (χ0) is 14.7. The Morgan fingerprint density at radius 1 is 1.14 bits per heavy atom. The number of rotatable bonds is 3. The van der Waals surface area contributed by atoms with E-state index in [2.05, 4.69) is 6.07 Å². The van der Waals surface area contributed by atoms with Crippen LogP contribution in [0.15, 0.2) is 24.3 Å². The lowest BCUT2D eigenvalue weighted by Gasteiger charge is -2.33. The maximum absolute atomic E-state index is 11.9. The fourth-order valence-corrected chi connectivity index (χ4v) is 3.89. The summed E-state index contributed by atoms with van der Waals surface area (Å²) in [6.45, 7) is 0. The Bertz CT molecular complexity index is 476. The normalized spacial score (nSPS) is 24.5. The van der Waals surface area contributed by atoms with E-state index in [1.807, 2.05) is 18.2 Å². The van der Waals surface area contributed by atoms with Crippen molar-refractivity contribution in [1.29, 1.82) is 0 Å². The summed E-state index contributed by atoms with van der Waals surface area (Å²) in [4.78, 5) is 11.9. The molecule has 0 radical (unpaired) electrons. The molecule has 3 nitrogen and oxygen atoms in total. The first kappa shape index (κ1) is 14.4. The van der Waals surface area contributed by atoms with Crippen molar-refractivity contribution in [3.05, 3.63) is 29.8 Å². The van der Waals surface area contributed by atoms with Gasteiger partial charge in [0.05, 0.1) is 5.41 Å². The van der Waals surface area contributed by atoms with Crippen molar-refractivity contribution in [2.24, 2.45) is 5.41 Å². The molecule has 0 amide bonds. The fourth-order valence-electron chi connectivity index (χ4n) is 3.89. The number of aliphatic carboxylic acids is 1. The van der Waals surface area contributed by atoms with Gasteiger partial charge in [-0.2, -0.15) is 0 Å². The number of hydrogen-bond donors (Lipinski definition) is 1. The van der Waals surface area contributed by atoms with E-state index < -0.39 is 11.4 Å². The summed E-state index contributed by atoms with van der Waals surface area (Å²) < 4.78 is 5.99. The van der Waals surface area contributed by atoms with Crippen LogP contribution in [0.1, 0.15) is 56.9 Å². The molecule has 1 fully saturated rings. The SMILES string of the molecule is O=C(O)C1(CC2Cc3ccccc3O2)CCCCCCC1. The average Bonchev–Trinajstić information content (AvgIpc) is 2.83. The summed E-state index contributed by atoms with van der Waals surface area (Å²) in [5.74, 6) is 0.317. The molecule has 1 N–H and O–H groups in total. The molecule has 3 heteroatoms. The van der Waals surface area contributed by atoms with Crippen molar-refractivity contribution in [2.75, 3.05) is 0 Å². The van der Waals surface area contributed by atoms with Gasteiger partial charge in [-0.15, -0.1) is 0 Å². The van der Waals surface area contributed by atoms with E-state index in [1.165, 1.54) is 24.8 Å². The molecule has 1 aromatic rings. The van der Waals surface area contributed by atoms with E-state index in [9.17, 15) is 9.90 Å². The van der Waals surface area contributed by atoms with E-state index in [0.29, 0.717) is 6.42 Å². The van der Waals surface area contributed by atoms with E-state index >= 15 is 0 Å². The Balaban J connectivity index is 1.72. The number of carboxylic acid groups (broad SMARTS) is 1. The minimum Gasteiger partial charge on any atom is -0.490 e. The number of fused-ring (bicyclic) bond motifs is 1. The minimum atomic E-state index is -0.621. The molecule has 0 aromatic heterocycles. The molecule has 1 aliphatic heterocycles. The lowest BCUT2D eigenvalue weighted by atomic mass is 9.72. The monoisotopic (exact) mass is 288 g/mol. The van der Waals surface area contributed by atoms with Gasteiger partial charge in [-0.25, -0.2) is 0 Å². The molecule has 1 saturated carbocycles. The predicted molar refractivity (Wildman–Crippen MR) is 81.6 cm³/mol.